The van der Waals surface area contributed by atoms with Crippen LogP contribution < -0.4 is 5.32 Å². The van der Waals surface area contributed by atoms with Crippen molar-refractivity contribution in [3.63, 3.8) is 0 Å². The molecule has 3 aliphatic rings. The Morgan fingerprint density at radius 1 is 1.25 bits per heavy atom. The van der Waals surface area contributed by atoms with Gasteiger partial charge in [-0.25, -0.2) is 0 Å². The smallest absolute Gasteiger partial charge is 0.228 e. The SMILES string of the molecule is O=C1CC(C(=O)N2CC3CCCC3C2)CN1. The molecular formula is C12H18N2O2. The topological polar surface area (TPSA) is 49.4 Å². The molecule has 2 amide bonds. The number of amides is 2. The second-order valence-corrected chi connectivity index (χ2v) is 5.40. The fraction of sp³-hybridized carbons (Fsp3) is 0.833. The summed E-state index contributed by atoms with van der Waals surface area (Å²) in [6.45, 7) is 2.42. The Labute approximate surface area is 95.4 Å². The van der Waals surface area contributed by atoms with Gasteiger partial charge in [0.1, 0.15) is 0 Å². The molecule has 3 fully saturated rings. The first-order valence-electron chi connectivity index (χ1n) is 6.29. The molecule has 4 heteroatoms. The molecule has 3 atom stereocenters. The van der Waals surface area contributed by atoms with E-state index in [1.807, 2.05) is 4.90 Å². The number of rotatable bonds is 1. The normalized spacial score (nSPS) is 37.6. The predicted octanol–water partition coefficient (Wildman–Crippen LogP) is 0.381. The maximum absolute atomic E-state index is 12.2. The van der Waals surface area contributed by atoms with Crippen molar-refractivity contribution in [2.45, 2.75) is 25.7 Å². The lowest BCUT2D eigenvalue weighted by Crippen LogP contribution is -2.35. The van der Waals surface area contributed by atoms with E-state index in [2.05, 4.69) is 5.32 Å². The number of carbonyl (C=O) groups is 2. The van der Waals surface area contributed by atoms with Gasteiger partial charge in [-0.05, 0) is 24.7 Å². The Hall–Kier alpha value is -1.06. The molecule has 88 valence electrons. The summed E-state index contributed by atoms with van der Waals surface area (Å²) in [4.78, 5) is 25.2. The van der Waals surface area contributed by atoms with Gasteiger partial charge in [0.2, 0.25) is 11.8 Å². The molecule has 2 saturated heterocycles. The average Bonchev–Trinajstić information content (AvgIpc) is 2.89. The van der Waals surface area contributed by atoms with Crippen molar-refractivity contribution in [2.75, 3.05) is 19.6 Å². The van der Waals surface area contributed by atoms with E-state index < -0.39 is 0 Å². The highest BCUT2D eigenvalue weighted by Gasteiger charge is 2.40. The lowest BCUT2D eigenvalue weighted by Gasteiger charge is -2.20. The number of nitrogens with one attached hydrogen (secondary N) is 1. The van der Waals surface area contributed by atoms with Crippen molar-refractivity contribution in [2.24, 2.45) is 17.8 Å². The predicted molar refractivity (Wildman–Crippen MR) is 58.5 cm³/mol. The maximum atomic E-state index is 12.2. The first-order chi connectivity index (χ1) is 7.74. The zero-order valence-electron chi connectivity index (χ0n) is 9.45. The molecule has 1 N–H and O–H groups in total. The Bertz CT molecular complexity index is 317. The Morgan fingerprint density at radius 2 is 1.94 bits per heavy atom. The van der Waals surface area contributed by atoms with Crippen LogP contribution in [0.3, 0.4) is 0 Å². The quantitative estimate of drug-likeness (QED) is 0.697. The van der Waals surface area contributed by atoms with Gasteiger partial charge in [0.15, 0.2) is 0 Å². The van der Waals surface area contributed by atoms with Crippen LogP contribution in [0.2, 0.25) is 0 Å². The summed E-state index contributed by atoms with van der Waals surface area (Å²) >= 11 is 0. The number of likely N-dealkylation sites (tertiary alicyclic amines) is 1. The van der Waals surface area contributed by atoms with Crippen LogP contribution in [0.25, 0.3) is 0 Å². The minimum atomic E-state index is -0.0914. The van der Waals surface area contributed by atoms with Crippen LogP contribution in [0.4, 0.5) is 0 Å². The van der Waals surface area contributed by atoms with Gasteiger partial charge in [-0.3, -0.25) is 9.59 Å². The number of nitrogens with zero attached hydrogens (tertiary/aromatic N) is 1. The van der Waals surface area contributed by atoms with E-state index in [9.17, 15) is 9.59 Å². The van der Waals surface area contributed by atoms with Gasteiger partial charge < -0.3 is 10.2 Å². The summed E-state index contributed by atoms with van der Waals surface area (Å²) < 4.78 is 0. The van der Waals surface area contributed by atoms with Crippen molar-refractivity contribution in [1.29, 1.82) is 0 Å². The molecule has 0 spiro atoms. The molecule has 1 saturated carbocycles. The van der Waals surface area contributed by atoms with E-state index in [4.69, 9.17) is 0 Å². The molecule has 0 aromatic carbocycles. The Kier molecular flexibility index (Phi) is 2.37. The molecule has 3 rings (SSSR count). The molecule has 16 heavy (non-hydrogen) atoms. The van der Waals surface area contributed by atoms with Crippen molar-refractivity contribution in [3.8, 4) is 0 Å². The highest BCUT2D eigenvalue weighted by atomic mass is 16.2. The molecular weight excluding hydrogens is 204 g/mol. The third kappa shape index (κ3) is 1.60. The van der Waals surface area contributed by atoms with Crippen molar-refractivity contribution in [3.05, 3.63) is 0 Å². The van der Waals surface area contributed by atoms with E-state index in [-0.39, 0.29) is 17.7 Å². The Morgan fingerprint density at radius 3 is 2.50 bits per heavy atom. The lowest BCUT2D eigenvalue weighted by atomic mass is 10.0. The molecule has 3 unspecified atom stereocenters. The lowest BCUT2D eigenvalue weighted by molar-refractivity contribution is -0.135. The van der Waals surface area contributed by atoms with Gasteiger partial charge in [0.05, 0.1) is 5.92 Å². The molecule has 2 heterocycles. The monoisotopic (exact) mass is 222 g/mol. The molecule has 0 aromatic rings. The second kappa shape index (κ2) is 3.75. The summed E-state index contributed by atoms with van der Waals surface area (Å²) in [6, 6.07) is 0. The summed E-state index contributed by atoms with van der Waals surface area (Å²) in [5.41, 5.74) is 0. The molecule has 0 bridgehead atoms. The standard InChI is InChI=1S/C12H18N2O2/c15-11-4-10(5-13-11)12(16)14-6-8-2-1-3-9(8)7-14/h8-10H,1-7H2,(H,13,15). The van der Waals surface area contributed by atoms with Gasteiger partial charge in [-0.15, -0.1) is 0 Å². The zero-order valence-corrected chi connectivity index (χ0v) is 9.45. The van der Waals surface area contributed by atoms with Gasteiger partial charge >= 0.3 is 0 Å². The van der Waals surface area contributed by atoms with E-state index in [1.54, 1.807) is 0 Å². The maximum Gasteiger partial charge on any atom is 0.228 e. The van der Waals surface area contributed by atoms with Crippen LogP contribution in [0.1, 0.15) is 25.7 Å². The van der Waals surface area contributed by atoms with Crippen molar-refractivity contribution < 1.29 is 9.59 Å². The highest BCUT2D eigenvalue weighted by molar-refractivity contribution is 5.89. The van der Waals surface area contributed by atoms with E-state index >= 15 is 0 Å². The molecule has 4 nitrogen and oxygen atoms in total. The third-order valence-electron chi connectivity index (χ3n) is 4.36. The molecule has 1 aliphatic carbocycles. The molecule has 0 radical (unpaired) electrons. The number of hydrogen-bond acceptors (Lipinski definition) is 2. The fourth-order valence-electron chi connectivity index (χ4n) is 3.45. The van der Waals surface area contributed by atoms with Crippen LogP contribution in [-0.2, 0) is 9.59 Å². The van der Waals surface area contributed by atoms with Crippen molar-refractivity contribution in [1.82, 2.24) is 10.2 Å². The first-order valence-corrected chi connectivity index (χ1v) is 6.29. The van der Waals surface area contributed by atoms with Crippen molar-refractivity contribution >= 4 is 11.8 Å². The van der Waals surface area contributed by atoms with Gasteiger partial charge in [0, 0.05) is 26.1 Å². The van der Waals surface area contributed by atoms with Crippen LogP contribution in [0, 0.1) is 17.8 Å². The van der Waals surface area contributed by atoms with Crippen LogP contribution >= 0.6 is 0 Å². The van der Waals surface area contributed by atoms with Crippen LogP contribution in [0.5, 0.6) is 0 Å². The zero-order chi connectivity index (χ0) is 11.1. The summed E-state index contributed by atoms with van der Waals surface area (Å²) in [5, 5.41) is 2.74. The number of fused-ring (bicyclic) bond motifs is 1. The first kappa shape index (κ1) is 10.1. The Balaban J connectivity index is 1.62. The minimum Gasteiger partial charge on any atom is -0.355 e. The average molecular weight is 222 g/mol. The van der Waals surface area contributed by atoms with E-state index in [1.165, 1.54) is 19.3 Å². The number of hydrogen-bond donors (Lipinski definition) is 1. The van der Waals surface area contributed by atoms with Gasteiger partial charge in [-0.1, -0.05) is 6.42 Å². The number of carbonyl (C=O) groups excluding carboxylic acids is 2. The summed E-state index contributed by atoms with van der Waals surface area (Å²) in [5.74, 6) is 1.62. The van der Waals surface area contributed by atoms with E-state index in [0.717, 1.165) is 24.9 Å². The van der Waals surface area contributed by atoms with E-state index in [0.29, 0.717) is 13.0 Å². The van der Waals surface area contributed by atoms with Crippen LogP contribution in [-0.4, -0.2) is 36.3 Å². The molecule has 2 aliphatic heterocycles. The highest BCUT2D eigenvalue weighted by Crippen LogP contribution is 2.38. The molecule has 0 aromatic heterocycles. The van der Waals surface area contributed by atoms with Gasteiger partial charge in [-0.2, -0.15) is 0 Å². The summed E-state index contributed by atoms with van der Waals surface area (Å²) in [6.07, 6.45) is 4.30. The van der Waals surface area contributed by atoms with Crippen LogP contribution in [0.15, 0.2) is 0 Å². The minimum absolute atomic E-state index is 0.0257. The largest absolute Gasteiger partial charge is 0.355 e. The van der Waals surface area contributed by atoms with Gasteiger partial charge in [0.25, 0.3) is 0 Å². The second-order valence-electron chi connectivity index (χ2n) is 5.40. The summed E-state index contributed by atoms with van der Waals surface area (Å²) in [7, 11) is 0. The fourth-order valence-corrected chi connectivity index (χ4v) is 3.45. The third-order valence-corrected chi connectivity index (χ3v) is 4.36.